The van der Waals surface area contributed by atoms with E-state index in [1.807, 2.05) is 0 Å². The molecule has 0 aromatic heterocycles. The first-order valence-corrected chi connectivity index (χ1v) is 5.34. The largest absolute Gasteiger partial charge is 0.484 e. The van der Waals surface area contributed by atoms with Crippen molar-refractivity contribution in [1.29, 1.82) is 0 Å². The summed E-state index contributed by atoms with van der Waals surface area (Å²) in [6.45, 7) is 1.07. The Morgan fingerprint density at radius 2 is 2.24 bits per heavy atom. The molecule has 0 saturated heterocycles. The highest BCUT2D eigenvalue weighted by Gasteiger charge is 2.08. The van der Waals surface area contributed by atoms with Gasteiger partial charge in [0.2, 0.25) is 0 Å². The smallest absolute Gasteiger partial charge is 0.260 e. The van der Waals surface area contributed by atoms with Crippen molar-refractivity contribution in [2.45, 2.75) is 0 Å². The Bertz CT molecular complexity index is 369. The fraction of sp³-hybridized carbons (Fsp3) is 0.417. The molecule has 0 aliphatic heterocycles. The molecule has 1 rings (SSSR count). The summed E-state index contributed by atoms with van der Waals surface area (Å²) in [6, 6.07) is 6.99. The van der Waals surface area contributed by atoms with Gasteiger partial charge in [0.25, 0.3) is 5.91 Å². The molecule has 0 atom stereocenters. The Kier molecular flexibility index (Phi) is 5.29. The summed E-state index contributed by atoms with van der Waals surface area (Å²) >= 11 is 0. The molecule has 1 amide bonds. The highest BCUT2D eigenvalue weighted by molar-refractivity contribution is 5.77. The first-order valence-electron chi connectivity index (χ1n) is 5.34. The Morgan fingerprint density at radius 1 is 1.47 bits per heavy atom. The second-order valence-corrected chi connectivity index (χ2v) is 3.67. The van der Waals surface area contributed by atoms with E-state index in [4.69, 9.17) is 15.2 Å². The Balaban J connectivity index is 2.37. The predicted octanol–water partition coefficient (Wildman–Crippen LogP) is 0.752. The number of hydrogen-bond acceptors (Lipinski definition) is 4. The third-order valence-corrected chi connectivity index (χ3v) is 2.28. The van der Waals surface area contributed by atoms with E-state index in [-0.39, 0.29) is 12.5 Å². The van der Waals surface area contributed by atoms with Crippen LogP contribution in [0.3, 0.4) is 0 Å². The van der Waals surface area contributed by atoms with Crippen molar-refractivity contribution in [1.82, 2.24) is 4.90 Å². The third-order valence-electron chi connectivity index (χ3n) is 2.28. The molecule has 17 heavy (non-hydrogen) atoms. The lowest BCUT2D eigenvalue weighted by molar-refractivity contribution is -0.132. The number of nitrogens with two attached hydrogens (primary N) is 1. The number of likely N-dealkylation sites (N-methyl/N-ethyl adjacent to an activating group) is 1. The van der Waals surface area contributed by atoms with Crippen molar-refractivity contribution in [3.63, 3.8) is 0 Å². The van der Waals surface area contributed by atoms with Crippen molar-refractivity contribution in [2.75, 3.05) is 39.6 Å². The standard InChI is InChI=1S/C12H18N2O3/c1-14(6-7-16-2)12(15)9-17-11-5-3-4-10(13)8-11/h3-5,8H,6-7,9,13H2,1-2H3. The molecule has 0 saturated carbocycles. The summed E-state index contributed by atoms with van der Waals surface area (Å²) in [5, 5.41) is 0. The minimum Gasteiger partial charge on any atom is -0.484 e. The van der Waals surface area contributed by atoms with Crippen LogP contribution in [0.4, 0.5) is 5.69 Å². The van der Waals surface area contributed by atoms with Crippen LogP contribution in [-0.4, -0.2) is 44.7 Å². The van der Waals surface area contributed by atoms with Crippen LogP contribution in [0.1, 0.15) is 0 Å². The minimum atomic E-state index is -0.0931. The fourth-order valence-corrected chi connectivity index (χ4v) is 1.21. The molecule has 94 valence electrons. The summed E-state index contributed by atoms with van der Waals surface area (Å²) in [5.74, 6) is 0.503. The molecule has 0 aliphatic carbocycles. The van der Waals surface area contributed by atoms with E-state index in [1.54, 1.807) is 43.3 Å². The lowest BCUT2D eigenvalue weighted by Crippen LogP contribution is -2.33. The van der Waals surface area contributed by atoms with Gasteiger partial charge in [-0.1, -0.05) is 6.07 Å². The highest BCUT2D eigenvalue weighted by atomic mass is 16.5. The molecule has 0 heterocycles. The van der Waals surface area contributed by atoms with Crippen LogP contribution in [0.2, 0.25) is 0 Å². The van der Waals surface area contributed by atoms with Gasteiger partial charge in [0.1, 0.15) is 5.75 Å². The first-order chi connectivity index (χ1) is 8.13. The van der Waals surface area contributed by atoms with E-state index in [9.17, 15) is 4.79 Å². The van der Waals surface area contributed by atoms with Crippen molar-refractivity contribution < 1.29 is 14.3 Å². The zero-order chi connectivity index (χ0) is 12.7. The third kappa shape index (κ3) is 4.74. The molecular weight excluding hydrogens is 220 g/mol. The van der Waals surface area contributed by atoms with Gasteiger partial charge in [-0.25, -0.2) is 0 Å². The molecule has 5 nitrogen and oxygen atoms in total. The molecule has 0 fully saturated rings. The van der Waals surface area contributed by atoms with Gasteiger partial charge in [-0.05, 0) is 12.1 Å². The Morgan fingerprint density at radius 3 is 2.88 bits per heavy atom. The van der Waals surface area contributed by atoms with Gasteiger partial charge in [0, 0.05) is 32.5 Å². The number of carbonyl (C=O) groups is 1. The molecule has 1 aromatic rings. The Labute approximate surface area is 101 Å². The molecule has 0 aliphatic rings. The maximum absolute atomic E-state index is 11.6. The highest BCUT2D eigenvalue weighted by Crippen LogP contribution is 2.14. The number of benzene rings is 1. The zero-order valence-electron chi connectivity index (χ0n) is 10.2. The molecule has 5 heteroatoms. The summed E-state index contributed by atoms with van der Waals surface area (Å²) in [5.41, 5.74) is 6.21. The van der Waals surface area contributed by atoms with Crippen LogP contribution in [0.25, 0.3) is 0 Å². The van der Waals surface area contributed by atoms with Crippen LogP contribution in [-0.2, 0) is 9.53 Å². The van der Waals surface area contributed by atoms with E-state index >= 15 is 0 Å². The molecule has 0 bridgehead atoms. The molecule has 0 spiro atoms. The van der Waals surface area contributed by atoms with Crippen LogP contribution < -0.4 is 10.5 Å². The molecule has 0 unspecified atom stereocenters. The van der Waals surface area contributed by atoms with Crippen molar-refractivity contribution >= 4 is 11.6 Å². The van der Waals surface area contributed by atoms with E-state index in [0.717, 1.165) is 0 Å². The monoisotopic (exact) mass is 238 g/mol. The number of ether oxygens (including phenoxy) is 2. The lowest BCUT2D eigenvalue weighted by atomic mass is 10.3. The van der Waals surface area contributed by atoms with Gasteiger partial charge in [-0.15, -0.1) is 0 Å². The van der Waals surface area contributed by atoms with Gasteiger partial charge in [-0.3, -0.25) is 4.79 Å². The quantitative estimate of drug-likeness (QED) is 0.743. The normalized spacial score (nSPS) is 10.0. The van der Waals surface area contributed by atoms with Gasteiger partial charge < -0.3 is 20.1 Å². The SMILES string of the molecule is COCCN(C)C(=O)COc1cccc(N)c1. The van der Waals surface area contributed by atoms with Crippen molar-refractivity contribution in [3.8, 4) is 5.75 Å². The number of amides is 1. The average molecular weight is 238 g/mol. The minimum absolute atomic E-state index is 0.00364. The van der Waals surface area contributed by atoms with Crippen LogP contribution in [0.15, 0.2) is 24.3 Å². The van der Waals surface area contributed by atoms with Crippen LogP contribution >= 0.6 is 0 Å². The van der Waals surface area contributed by atoms with Crippen molar-refractivity contribution in [3.05, 3.63) is 24.3 Å². The number of anilines is 1. The summed E-state index contributed by atoms with van der Waals surface area (Å²) < 4.78 is 10.2. The molecule has 2 N–H and O–H groups in total. The molecule has 0 radical (unpaired) electrons. The Hall–Kier alpha value is -1.75. The van der Waals surface area contributed by atoms with E-state index < -0.39 is 0 Å². The number of hydrogen-bond donors (Lipinski definition) is 1. The van der Waals surface area contributed by atoms with Gasteiger partial charge in [0.15, 0.2) is 6.61 Å². The molecule has 1 aromatic carbocycles. The first kappa shape index (κ1) is 13.3. The number of methoxy groups -OCH3 is 1. The van der Waals surface area contributed by atoms with Gasteiger partial charge >= 0.3 is 0 Å². The zero-order valence-corrected chi connectivity index (χ0v) is 10.2. The summed E-state index contributed by atoms with van der Waals surface area (Å²) in [6.07, 6.45) is 0. The number of nitrogen functional groups attached to an aromatic ring is 1. The maximum atomic E-state index is 11.6. The fourth-order valence-electron chi connectivity index (χ4n) is 1.21. The van der Waals surface area contributed by atoms with E-state index in [1.165, 1.54) is 0 Å². The van der Waals surface area contributed by atoms with E-state index in [0.29, 0.717) is 24.6 Å². The van der Waals surface area contributed by atoms with Crippen LogP contribution in [0, 0.1) is 0 Å². The maximum Gasteiger partial charge on any atom is 0.260 e. The summed E-state index contributed by atoms with van der Waals surface area (Å²) in [4.78, 5) is 13.2. The topological polar surface area (TPSA) is 64.8 Å². The predicted molar refractivity (Wildman–Crippen MR) is 65.9 cm³/mol. The van der Waals surface area contributed by atoms with Crippen molar-refractivity contribution in [2.24, 2.45) is 0 Å². The summed E-state index contributed by atoms with van der Waals surface area (Å²) in [7, 11) is 3.31. The second kappa shape index (κ2) is 6.75. The van der Waals surface area contributed by atoms with E-state index in [2.05, 4.69) is 0 Å². The number of nitrogens with zero attached hydrogens (tertiary/aromatic N) is 1. The van der Waals surface area contributed by atoms with Gasteiger partial charge in [-0.2, -0.15) is 0 Å². The molecular formula is C12H18N2O3. The second-order valence-electron chi connectivity index (χ2n) is 3.67. The number of rotatable bonds is 6. The van der Waals surface area contributed by atoms with Gasteiger partial charge in [0.05, 0.1) is 6.61 Å². The lowest BCUT2D eigenvalue weighted by Gasteiger charge is -2.16. The number of carbonyl (C=O) groups excluding carboxylic acids is 1. The average Bonchev–Trinajstić information content (AvgIpc) is 2.33. The van der Waals surface area contributed by atoms with Crippen LogP contribution in [0.5, 0.6) is 5.75 Å².